The first-order valence-corrected chi connectivity index (χ1v) is 7.47. The van der Waals surface area contributed by atoms with Gasteiger partial charge in [-0.25, -0.2) is 4.79 Å². The first-order chi connectivity index (χ1) is 9.26. The molecule has 0 atom stereocenters. The van der Waals surface area contributed by atoms with Crippen LogP contribution in [0.2, 0.25) is 5.02 Å². The molecule has 0 aromatic heterocycles. The predicted octanol–water partition coefficient (Wildman–Crippen LogP) is 4.45. The van der Waals surface area contributed by atoms with Crippen LogP contribution in [0.4, 0.5) is 4.79 Å². The van der Waals surface area contributed by atoms with Gasteiger partial charge in [0.2, 0.25) is 0 Å². The van der Waals surface area contributed by atoms with Gasteiger partial charge in [0.15, 0.2) is 0 Å². The van der Waals surface area contributed by atoms with Crippen LogP contribution in [-0.2, 0) is 4.74 Å². The van der Waals surface area contributed by atoms with Crippen LogP contribution in [0.3, 0.4) is 0 Å². The van der Waals surface area contributed by atoms with Crippen LogP contribution < -0.4 is 0 Å². The van der Waals surface area contributed by atoms with E-state index in [2.05, 4.69) is 21.0 Å². The number of ether oxygens (including phenoxy) is 1. The van der Waals surface area contributed by atoms with Gasteiger partial charge in [0.25, 0.3) is 0 Å². The normalized spacial score (nSPS) is 15.2. The number of hydrazone groups is 1. The summed E-state index contributed by atoms with van der Waals surface area (Å²) in [7, 11) is 0. The molecule has 1 heterocycles. The maximum atomic E-state index is 11.9. The van der Waals surface area contributed by atoms with E-state index in [1.54, 1.807) is 6.07 Å². The molecule has 2 rings (SSSR count). The van der Waals surface area contributed by atoms with Crippen LogP contribution in [-0.4, -0.2) is 29.0 Å². The lowest BCUT2D eigenvalue weighted by atomic mass is 10.1. The molecule has 1 aromatic rings. The number of amides is 1. The van der Waals surface area contributed by atoms with Crippen molar-refractivity contribution >= 4 is 39.3 Å². The van der Waals surface area contributed by atoms with Crippen LogP contribution in [0.25, 0.3) is 0 Å². The predicted molar refractivity (Wildman–Crippen MR) is 83.2 cm³/mol. The molecular weight excluding hydrogens is 344 g/mol. The van der Waals surface area contributed by atoms with E-state index in [1.807, 2.05) is 32.9 Å². The first-order valence-electron chi connectivity index (χ1n) is 6.30. The number of carbonyl (C=O) groups excluding carboxylic acids is 1. The fraction of sp³-hybridized carbons (Fsp3) is 0.429. The van der Waals surface area contributed by atoms with Gasteiger partial charge in [0.05, 0.1) is 12.3 Å². The van der Waals surface area contributed by atoms with Crippen molar-refractivity contribution in [3.8, 4) is 0 Å². The van der Waals surface area contributed by atoms with E-state index in [-0.39, 0.29) is 0 Å². The highest BCUT2D eigenvalue weighted by Crippen LogP contribution is 2.25. The van der Waals surface area contributed by atoms with Crippen molar-refractivity contribution < 1.29 is 9.53 Å². The minimum atomic E-state index is -0.518. The Balaban J connectivity index is 2.16. The van der Waals surface area contributed by atoms with Gasteiger partial charge in [0, 0.05) is 21.5 Å². The maximum Gasteiger partial charge on any atom is 0.430 e. The summed E-state index contributed by atoms with van der Waals surface area (Å²) in [5.74, 6) is 0. The van der Waals surface area contributed by atoms with Gasteiger partial charge in [0.1, 0.15) is 5.60 Å². The second-order valence-electron chi connectivity index (χ2n) is 5.52. The lowest BCUT2D eigenvalue weighted by Gasteiger charge is -2.22. The zero-order valence-corrected chi connectivity index (χ0v) is 14.0. The summed E-state index contributed by atoms with van der Waals surface area (Å²) >= 11 is 9.38. The average molecular weight is 360 g/mol. The van der Waals surface area contributed by atoms with E-state index < -0.39 is 11.7 Å². The second kappa shape index (κ2) is 5.74. The molecule has 1 aromatic carbocycles. The van der Waals surface area contributed by atoms with Crippen molar-refractivity contribution in [1.82, 2.24) is 5.01 Å². The fourth-order valence-corrected chi connectivity index (χ4v) is 2.73. The number of rotatable bonds is 1. The summed E-state index contributed by atoms with van der Waals surface area (Å²) in [6.45, 7) is 6.03. The molecule has 0 unspecified atom stereocenters. The molecule has 1 amide bonds. The highest BCUT2D eigenvalue weighted by Gasteiger charge is 2.27. The van der Waals surface area contributed by atoms with Crippen LogP contribution in [0, 0.1) is 0 Å². The van der Waals surface area contributed by atoms with Crippen molar-refractivity contribution in [3.63, 3.8) is 0 Å². The smallest absolute Gasteiger partial charge is 0.430 e. The second-order valence-corrected chi connectivity index (χ2v) is 6.82. The fourth-order valence-electron chi connectivity index (χ4n) is 1.82. The molecule has 0 fully saturated rings. The molecule has 0 N–H and O–H groups in total. The minimum Gasteiger partial charge on any atom is -0.442 e. The van der Waals surface area contributed by atoms with E-state index in [0.29, 0.717) is 18.0 Å². The molecule has 4 nitrogen and oxygen atoms in total. The average Bonchev–Trinajstić information content (AvgIpc) is 2.75. The summed E-state index contributed by atoms with van der Waals surface area (Å²) in [6.07, 6.45) is 0.275. The van der Waals surface area contributed by atoms with Crippen molar-refractivity contribution in [3.05, 3.63) is 33.3 Å². The Kier molecular flexibility index (Phi) is 4.39. The van der Waals surface area contributed by atoms with Gasteiger partial charge in [-0.1, -0.05) is 33.6 Å². The topological polar surface area (TPSA) is 41.9 Å². The molecule has 108 valence electrons. The standard InChI is InChI=1S/C14H16BrClN2O2/c1-14(2,3)20-13(19)18-7-6-12(17-18)10-5-4-9(16)8-11(10)15/h4-5,8H,6-7H2,1-3H3. The van der Waals surface area contributed by atoms with Gasteiger partial charge in [-0.05, 0) is 32.9 Å². The van der Waals surface area contributed by atoms with Crippen molar-refractivity contribution in [2.24, 2.45) is 5.10 Å². The highest BCUT2D eigenvalue weighted by molar-refractivity contribution is 9.10. The zero-order valence-electron chi connectivity index (χ0n) is 11.6. The third-order valence-electron chi connectivity index (χ3n) is 2.65. The van der Waals surface area contributed by atoms with Crippen LogP contribution in [0.1, 0.15) is 32.8 Å². The molecule has 0 saturated heterocycles. The van der Waals surface area contributed by atoms with E-state index >= 15 is 0 Å². The van der Waals surface area contributed by atoms with E-state index in [4.69, 9.17) is 16.3 Å². The Labute approximate surface area is 131 Å². The number of halogens is 2. The number of benzene rings is 1. The van der Waals surface area contributed by atoms with Gasteiger partial charge >= 0.3 is 6.09 Å². The lowest BCUT2D eigenvalue weighted by molar-refractivity contribution is 0.0276. The SMILES string of the molecule is CC(C)(C)OC(=O)N1CCC(c2ccc(Cl)cc2Br)=N1. The number of carbonyl (C=O) groups is 1. The molecule has 1 aliphatic heterocycles. The molecule has 0 saturated carbocycles. The summed E-state index contributed by atoms with van der Waals surface area (Å²) in [6, 6.07) is 5.51. The van der Waals surface area contributed by atoms with Gasteiger partial charge in [-0.3, -0.25) is 0 Å². The third kappa shape index (κ3) is 3.73. The Bertz CT molecular complexity index is 567. The summed E-state index contributed by atoms with van der Waals surface area (Å²) in [5, 5.41) is 6.35. The van der Waals surface area contributed by atoms with Crippen molar-refractivity contribution in [1.29, 1.82) is 0 Å². The summed E-state index contributed by atoms with van der Waals surface area (Å²) < 4.78 is 6.17. The zero-order chi connectivity index (χ0) is 14.9. The molecule has 1 aliphatic rings. The van der Waals surface area contributed by atoms with Gasteiger partial charge in [-0.2, -0.15) is 10.1 Å². The molecular formula is C14H16BrClN2O2. The molecule has 6 heteroatoms. The van der Waals surface area contributed by atoms with Crippen LogP contribution in [0.15, 0.2) is 27.8 Å². The lowest BCUT2D eigenvalue weighted by Crippen LogP contribution is -2.32. The molecule has 0 bridgehead atoms. The van der Waals surface area contributed by atoms with Gasteiger partial charge in [-0.15, -0.1) is 0 Å². The Morgan fingerprint density at radius 2 is 2.15 bits per heavy atom. The molecule has 0 radical (unpaired) electrons. The van der Waals surface area contributed by atoms with Gasteiger partial charge < -0.3 is 4.74 Å². The molecule has 0 spiro atoms. The van der Waals surface area contributed by atoms with E-state index in [9.17, 15) is 4.79 Å². The number of nitrogens with zero attached hydrogens (tertiary/aromatic N) is 2. The van der Waals surface area contributed by atoms with Crippen LogP contribution in [0.5, 0.6) is 0 Å². The number of hydrogen-bond acceptors (Lipinski definition) is 3. The Morgan fingerprint density at radius 1 is 1.45 bits per heavy atom. The maximum absolute atomic E-state index is 11.9. The van der Waals surface area contributed by atoms with E-state index in [0.717, 1.165) is 15.7 Å². The summed E-state index contributed by atoms with van der Waals surface area (Å²) in [5.41, 5.74) is 1.27. The number of hydrogen-bond donors (Lipinski definition) is 0. The molecule has 0 aliphatic carbocycles. The van der Waals surface area contributed by atoms with Crippen molar-refractivity contribution in [2.45, 2.75) is 32.8 Å². The highest BCUT2D eigenvalue weighted by atomic mass is 79.9. The quantitative estimate of drug-likeness (QED) is 0.743. The minimum absolute atomic E-state index is 0.419. The third-order valence-corrected chi connectivity index (χ3v) is 3.54. The molecule has 20 heavy (non-hydrogen) atoms. The van der Waals surface area contributed by atoms with Crippen molar-refractivity contribution in [2.75, 3.05) is 6.54 Å². The van der Waals surface area contributed by atoms with Crippen LogP contribution >= 0.6 is 27.5 Å². The Hall–Kier alpha value is -1.07. The monoisotopic (exact) mass is 358 g/mol. The Morgan fingerprint density at radius 3 is 2.75 bits per heavy atom. The summed E-state index contributed by atoms with van der Waals surface area (Å²) in [4.78, 5) is 11.9. The van der Waals surface area contributed by atoms with E-state index in [1.165, 1.54) is 5.01 Å². The first kappa shape index (κ1) is 15.3. The largest absolute Gasteiger partial charge is 0.442 e.